The number of aryl methyl sites for hydroxylation is 1. The zero-order valence-corrected chi connectivity index (χ0v) is 12.3. The Kier molecular flexibility index (Phi) is 3.69. The van der Waals surface area contributed by atoms with Gasteiger partial charge in [-0.3, -0.25) is 0 Å². The summed E-state index contributed by atoms with van der Waals surface area (Å²) in [5.41, 5.74) is 2.69. The van der Waals surface area contributed by atoms with E-state index in [2.05, 4.69) is 16.6 Å². The molecular formula is C15H16N2O2S. The third-order valence-electron chi connectivity index (χ3n) is 2.97. The molecule has 0 fully saturated rings. The molecule has 3 rings (SSSR count). The smallest absolute Gasteiger partial charge is 0.192 e. The molecule has 1 aromatic carbocycles. The molecule has 0 spiro atoms. The predicted molar refractivity (Wildman–Crippen MR) is 82.0 cm³/mol. The van der Waals surface area contributed by atoms with Gasteiger partial charge in [-0.25, -0.2) is 4.98 Å². The number of oxazole rings is 1. The number of fused-ring (bicyclic) bond motifs is 1. The summed E-state index contributed by atoms with van der Waals surface area (Å²) >= 11 is 1.75. The third kappa shape index (κ3) is 2.82. The Morgan fingerprint density at radius 3 is 2.85 bits per heavy atom. The lowest BCUT2D eigenvalue weighted by atomic mass is 10.3. The van der Waals surface area contributed by atoms with Crippen LogP contribution >= 0.6 is 11.8 Å². The fourth-order valence-electron chi connectivity index (χ4n) is 2.08. The molecule has 0 unspecified atom stereocenters. The van der Waals surface area contributed by atoms with E-state index in [9.17, 15) is 0 Å². The van der Waals surface area contributed by atoms with Gasteiger partial charge in [-0.05, 0) is 36.6 Å². The molecule has 0 atom stereocenters. The highest BCUT2D eigenvalue weighted by atomic mass is 32.2. The Hall–Kier alpha value is -1.88. The van der Waals surface area contributed by atoms with E-state index >= 15 is 0 Å². The topological polar surface area (TPSA) is 51.2 Å². The molecule has 0 bridgehead atoms. The van der Waals surface area contributed by atoms with E-state index < -0.39 is 0 Å². The minimum atomic E-state index is 0.663. The second kappa shape index (κ2) is 5.63. The first-order valence-electron chi connectivity index (χ1n) is 6.42. The third-order valence-corrected chi connectivity index (χ3v) is 3.54. The van der Waals surface area contributed by atoms with Gasteiger partial charge in [0.1, 0.15) is 17.0 Å². The molecule has 0 aliphatic rings. The molecule has 0 aliphatic carbocycles. The molecule has 0 aliphatic heterocycles. The van der Waals surface area contributed by atoms with Crippen LogP contribution in [0, 0.1) is 6.92 Å². The molecule has 2 heterocycles. The maximum absolute atomic E-state index is 5.72. The van der Waals surface area contributed by atoms with Crippen molar-refractivity contribution in [3.8, 4) is 0 Å². The van der Waals surface area contributed by atoms with Crippen LogP contribution in [0.4, 0.5) is 5.69 Å². The monoisotopic (exact) mass is 288 g/mol. The van der Waals surface area contributed by atoms with E-state index in [4.69, 9.17) is 8.83 Å². The minimum Gasteiger partial charge on any atom is -0.463 e. The van der Waals surface area contributed by atoms with Crippen molar-refractivity contribution in [3.63, 3.8) is 0 Å². The van der Waals surface area contributed by atoms with Gasteiger partial charge in [0.15, 0.2) is 11.5 Å². The van der Waals surface area contributed by atoms with E-state index in [1.54, 1.807) is 11.8 Å². The summed E-state index contributed by atoms with van der Waals surface area (Å²) in [6.07, 6.45) is 2.07. The molecule has 5 heteroatoms. The second-order valence-corrected chi connectivity index (χ2v) is 5.44. The summed E-state index contributed by atoms with van der Waals surface area (Å²) in [5, 5.41) is 3.34. The Balaban J connectivity index is 1.69. The molecule has 1 N–H and O–H groups in total. The first kappa shape index (κ1) is 13.1. The predicted octanol–water partition coefficient (Wildman–Crippen LogP) is 4.20. The summed E-state index contributed by atoms with van der Waals surface area (Å²) in [4.78, 5) is 4.32. The first-order valence-corrected chi connectivity index (χ1v) is 7.81. The first-order chi connectivity index (χ1) is 9.74. The van der Waals surface area contributed by atoms with Gasteiger partial charge in [0.05, 0.1) is 12.3 Å². The second-order valence-electron chi connectivity index (χ2n) is 4.57. The van der Waals surface area contributed by atoms with Gasteiger partial charge in [0.2, 0.25) is 0 Å². The van der Waals surface area contributed by atoms with Gasteiger partial charge in [0.25, 0.3) is 0 Å². The highest BCUT2D eigenvalue weighted by molar-refractivity contribution is 7.97. The van der Waals surface area contributed by atoms with Crippen molar-refractivity contribution >= 4 is 28.5 Å². The largest absolute Gasteiger partial charge is 0.463 e. The summed E-state index contributed by atoms with van der Waals surface area (Å²) in [6.45, 7) is 2.51. The molecule has 4 nitrogen and oxygen atoms in total. The van der Waals surface area contributed by atoms with Gasteiger partial charge < -0.3 is 14.2 Å². The van der Waals surface area contributed by atoms with Crippen molar-refractivity contribution in [2.75, 3.05) is 11.6 Å². The Bertz CT molecular complexity index is 718. The average molecular weight is 288 g/mol. The molecule has 0 amide bonds. The zero-order valence-electron chi connectivity index (χ0n) is 11.5. The van der Waals surface area contributed by atoms with Crippen LogP contribution in [0.25, 0.3) is 11.1 Å². The highest BCUT2D eigenvalue weighted by Gasteiger charge is 2.05. The lowest BCUT2D eigenvalue weighted by molar-refractivity contribution is 0.487. The van der Waals surface area contributed by atoms with Crippen LogP contribution in [0.5, 0.6) is 0 Å². The molecule has 2 aromatic heterocycles. The number of anilines is 1. The number of rotatable bonds is 5. The molecule has 20 heavy (non-hydrogen) atoms. The Morgan fingerprint density at radius 1 is 1.15 bits per heavy atom. The van der Waals surface area contributed by atoms with Crippen LogP contribution in [0.15, 0.2) is 39.2 Å². The van der Waals surface area contributed by atoms with Crippen LogP contribution < -0.4 is 5.32 Å². The molecule has 0 radical (unpaired) electrons. The van der Waals surface area contributed by atoms with Gasteiger partial charge in [0, 0.05) is 12.6 Å². The Labute approximate surface area is 121 Å². The highest BCUT2D eigenvalue weighted by Crippen LogP contribution is 2.20. The summed E-state index contributed by atoms with van der Waals surface area (Å²) in [6, 6.07) is 9.93. The number of nitrogens with zero attached hydrogens (tertiary/aromatic N) is 1. The van der Waals surface area contributed by atoms with Crippen molar-refractivity contribution in [3.05, 3.63) is 47.7 Å². The minimum absolute atomic E-state index is 0.663. The van der Waals surface area contributed by atoms with Crippen molar-refractivity contribution in [2.24, 2.45) is 0 Å². The number of hydrogen-bond acceptors (Lipinski definition) is 5. The molecule has 3 aromatic rings. The van der Waals surface area contributed by atoms with Gasteiger partial charge in [-0.15, -0.1) is 0 Å². The van der Waals surface area contributed by atoms with Gasteiger partial charge >= 0.3 is 0 Å². The van der Waals surface area contributed by atoms with Gasteiger partial charge in [-0.2, -0.15) is 11.8 Å². The number of nitrogens with one attached hydrogen (secondary N) is 1. The number of thioether (sulfide) groups is 1. The molecule has 0 saturated heterocycles. The standard InChI is InChI=1S/C15H16N2O2S/c1-10-17-14-7-11(3-6-15(14)18-10)16-8-12-4-5-13(19-12)9-20-2/h3-7,16H,8-9H2,1-2H3. The number of benzene rings is 1. The lowest BCUT2D eigenvalue weighted by Gasteiger charge is -2.03. The lowest BCUT2D eigenvalue weighted by Crippen LogP contribution is -1.97. The fourth-order valence-corrected chi connectivity index (χ4v) is 2.52. The van der Waals surface area contributed by atoms with Crippen LogP contribution in [0.3, 0.4) is 0 Å². The maximum Gasteiger partial charge on any atom is 0.192 e. The van der Waals surface area contributed by atoms with E-state index in [1.165, 1.54) is 0 Å². The van der Waals surface area contributed by atoms with Crippen molar-refractivity contribution in [1.29, 1.82) is 0 Å². The van der Waals surface area contributed by atoms with Crippen molar-refractivity contribution in [2.45, 2.75) is 19.2 Å². The van der Waals surface area contributed by atoms with Crippen molar-refractivity contribution in [1.82, 2.24) is 4.98 Å². The van der Waals surface area contributed by atoms with E-state index in [-0.39, 0.29) is 0 Å². The summed E-state index contributed by atoms with van der Waals surface area (Å²) in [7, 11) is 0. The van der Waals surface area contributed by atoms with Crippen LogP contribution in [0.1, 0.15) is 17.4 Å². The van der Waals surface area contributed by atoms with E-state index in [1.807, 2.05) is 37.3 Å². The SMILES string of the molecule is CSCc1ccc(CNc2ccc3oc(C)nc3c2)o1. The maximum atomic E-state index is 5.72. The van der Waals surface area contributed by atoms with Crippen LogP contribution in [-0.2, 0) is 12.3 Å². The molecular weight excluding hydrogens is 272 g/mol. The average Bonchev–Trinajstić information content (AvgIpc) is 3.01. The summed E-state index contributed by atoms with van der Waals surface area (Å²) < 4.78 is 11.2. The number of furan rings is 1. The fraction of sp³-hybridized carbons (Fsp3) is 0.267. The van der Waals surface area contributed by atoms with Crippen LogP contribution in [0.2, 0.25) is 0 Å². The molecule has 104 valence electrons. The zero-order chi connectivity index (χ0) is 13.9. The number of aromatic nitrogens is 1. The number of hydrogen-bond donors (Lipinski definition) is 1. The Morgan fingerprint density at radius 2 is 2.00 bits per heavy atom. The van der Waals surface area contributed by atoms with E-state index in [0.717, 1.165) is 34.1 Å². The normalized spacial score (nSPS) is 11.1. The van der Waals surface area contributed by atoms with Crippen molar-refractivity contribution < 1.29 is 8.83 Å². The van der Waals surface area contributed by atoms with Gasteiger partial charge in [-0.1, -0.05) is 0 Å². The quantitative estimate of drug-likeness (QED) is 0.762. The van der Waals surface area contributed by atoms with Crippen LogP contribution in [-0.4, -0.2) is 11.2 Å². The van der Waals surface area contributed by atoms with E-state index in [0.29, 0.717) is 12.4 Å². The summed E-state index contributed by atoms with van der Waals surface area (Å²) in [5.74, 6) is 3.54. The molecule has 0 saturated carbocycles.